The van der Waals surface area contributed by atoms with Gasteiger partial charge in [-0.25, -0.2) is 12.8 Å². The van der Waals surface area contributed by atoms with E-state index in [0.717, 1.165) is 22.7 Å². The van der Waals surface area contributed by atoms with Crippen LogP contribution in [0.25, 0.3) is 0 Å². The predicted octanol–water partition coefficient (Wildman–Crippen LogP) is 5.13. The van der Waals surface area contributed by atoms with E-state index in [1.807, 2.05) is 13.8 Å². The van der Waals surface area contributed by atoms with Gasteiger partial charge in [0.1, 0.15) is 18.4 Å². The van der Waals surface area contributed by atoms with Gasteiger partial charge in [-0.1, -0.05) is 61.6 Å². The standard InChI is InChI=1S/C24H29Cl3FN3O4S/c1-5-22(24(33)29-12-15(2)3)30(13-17-18(25)7-6-8-19(17)26)23(32)14-31(36(4,34)35)16-9-10-21(28)20(27)11-16/h6-11,15,22H,5,12-14H2,1-4H3,(H,29,33)/t22-/m0/s1. The van der Waals surface area contributed by atoms with Gasteiger partial charge in [-0.05, 0) is 42.7 Å². The predicted molar refractivity (Wildman–Crippen MR) is 143 cm³/mol. The SMILES string of the molecule is CC[C@@H](C(=O)NCC(C)C)N(Cc1c(Cl)cccc1Cl)C(=O)CN(c1ccc(F)c(Cl)c1)S(C)(=O)=O. The first kappa shape index (κ1) is 30.2. The smallest absolute Gasteiger partial charge is 0.244 e. The number of nitrogens with zero attached hydrogens (tertiary/aromatic N) is 2. The van der Waals surface area contributed by atoms with Crippen molar-refractivity contribution in [3.63, 3.8) is 0 Å². The molecule has 12 heteroatoms. The zero-order valence-corrected chi connectivity index (χ0v) is 23.5. The number of nitrogens with one attached hydrogen (secondary N) is 1. The lowest BCUT2D eigenvalue weighted by atomic mass is 10.1. The summed E-state index contributed by atoms with van der Waals surface area (Å²) in [6, 6.07) is 7.27. The van der Waals surface area contributed by atoms with E-state index >= 15 is 0 Å². The molecule has 7 nitrogen and oxygen atoms in total. The van der Waals surface area contributed by atoms with Gasteiger partial charge in [0.15, 0.2) is 0 Å². The number of anilines is 1. The van der Waals surface area contributed by atoms with Gasteiger partial charge >= 0.3 is 0 Å². The summed E-state index contributed by atoms with van der Waals surface area (Å²) in [5, 5.41) is 3.11. The van der Waals surface area contributed by atoms with E-state index in [1.165, 1.54) is 11.0 Å². The molecule has 2 aromatic rings. The Bertz CT molecular complexity index is 1190. The van der Waals surface area contributed by atoms with E-state index in [0.29, 0.717) is 22.2 Å². The average molecular weight is 581 g/mol. The van der Waals surface area contributed by atoms with E-state index in [-0.39, 0.29) is 29.6 Å². The molecule has 0 aliphatic heterocycles. The molecular formula is C24H29Cl3FN3O4S. The number of carbonyl (C=O) groups is 2. The lowest BCUT2D eigenvalue weighted by Gasteiger charge is -2.33. The van der Waals surface area contributed by atoms with Gasteiger partial charge in [-0.15, -0.1) is 0 Å². The van der Waals surface area contributed by atoms with Crippen LogP contribution in [0.3, 0.4) is 0 Å². The van der Waals surface area contributed by atoms with Gasteiger partial charge in [0, 0.05) is 28.7 Å². The summed E-state index contributed by atoms with van der Waals surface area (Å²) in [5.41, 5.74) is 0.422. The molecule has 1 N–H and O–H groups in total. The summed E-state index contributed by atoms with van der Waals surface area (Å²) in [6.45, 7) is 5.22. The Morgan fingerprint density at radius 3 is 2.17 bits per heavy atom. The average Bonchev–Trinajstić information content (AvgIpc) is 2.78. The Balaban J connectivity index is 2.50. The van der Waals surface area contributed by atoms with Gasteiger partial charge in [0.2, 0.25) is 21.8 Å². The van der Waals surface area contributed by atoms with Gasteiger partial charge in [-0.3, -0.25) is 13.9 Å². The first-order valence-corrected chi connectivity index (χ1v) is 14.2. The number of amides is 2. The number of carbonyl (C=O) groups excluding carboxylic acids is 2. The Kier molecular flexibility index (Phi) is 10.8. The Morgan fingerprint density at radius 2 is 1.67 bits per heavy atom. The topological polar surface area (TPSA) is 86.8 Å². The second kappa shape index (κ2) is 12.9. The molecule has 0 spiro atoms. The maximum Gasteiger partial charge on any atom is 0.244 e. The van der Waals surface area contributed by atoms with Crippen molar-refractivity contribution in [3.8, 4) is 0 Å². The van der Waals surface area contributed by atoms with E-state index in [2.05, 4.69) is 5.32 Å². The molecule has 2 aromatic carbocycles. The number of sulfonamides is 1. The third-order valence-corrected chi connectivity index (χ3v) is 7.47. The molecule has 198 valence electrons. The van der Waals surface area contributed by atoms with Gasteiger partial charge in [-0.2, -0.15) is 0 Å². The first-order chi connectivity index (χ1) is 16.8. The molecular weight excluding hydrogens is 552 g/mol. The maximum absolute atomic E-state index is 13.7. The van der Waals surface area contributed by atoms with Crippen molar-refractivity contribution in [3.05, 3.63) is 62.8 Å². The van der Waals surface area contributed by atoms with E-state index < -0.39 is 40.2 Å². The molecule has 0 aliphatic rings. The van der Waals surface area contributed by atoms with Crippen LogP contribution in [0, 0.1) is 11.7 Å². The lowest BCUT2D eigenvalue weighted by Crippen LogP contribution is -2.52. The fourth-order valence-electron chi connectivity index (χ4n) is 3.45. The highest BCUT2D eigenvalue weighted by atomic mass is 35.5. The second-order valence-electron chi connectivity index (χ2n) is 8.65. The zero-order chi connectivity index (χ0) is 27.2. The second-order valence-corrected chi connectivity index (χ2v) is 11.8. The van der Waals surface area contributed by atoms with Crippen molar-refractivity contribution in [2.45, 2.75) is 39.8 Å². The van der Waals surface area contributed by atoms with Crippen LogP contribution in [0.15, 0.2) is 36.4 Å². The molecule has 0 aromatic heterocycles. The highest BCUT2D eigenvalue weighted by Gasteiger charge is 2.32. The summed E-state index contributed by atoms with van der Waals surface area (Å²) in [6.07, 6.45) is 1.17. The van der Waals surface area contributed by atoms with Crippen molar-refractivity contribution in [1.29, 1.82) is 0 Å². The molecule has 0 unspecified atom stereocenters. The minimum atomic E-state index is -3.99. The van der Waals surface area contributed by atoms with Crippen LogP contribution in [0.1, 0.15) is 32.8 Å². The molecule has 2 amide bonds. The van der Waals surface area contributed by atoms with Gasteiger partial charge in [0.25, 0.3) is 0 Å². The highest BCUT2D eigenvalue weighted by Crippen LogP contribution is 2.28. The van der Waals surface area contributed by atoms with E-state index in [4.69, 9.17) is 34.8 Å². The van der Waals surface area contributed by atoms with Crippen LogP contribution in [0.2, 0.25) is 15.1 Å². The minimum Gasteiger partial charge on any atom is -0.354 e. The zero-order valence-electron chi connectivity index (χ0n) is 20.4. The van der Waals surface area contributed by atoms with Crippen molar-refractivity contribution in [2.75, 3.05) is 23.7 Å². The van der Waals surface area contributed by atoms with Crippen molar-refractivity contribution < 1.29 is 22.4 Å². The van der Waals surface area contributed by atoms with E-state index in [9.17, 15) is 22.4 Å². The third-order valence-electron chi connectivity index (χ3n) is 5.33. The molecule has 0 bridgehead atoms. The molecule has 0 fully saturated rings. The van der Waals surface area contributed by atoms with Crippen molar-refractivity contribution in [2.24, 2.45) is 5.92 Å². The van der Waals surface area contributed by atoms with Crippen LogP contribution >= 0.6 is 34.8 Å². The summed E-state index contributed by atoms with van der Waals surface area (Å²) in [4.78, 5) is 28.0. The fraction of sp³-hybridized carbons (Fsp3) is 0.417. The molecule has 0 saturated heterocycles. The largest absolute Gasteiger partial charge is 0.354 e. The Morgan fingerprint density at radius 1 is 1.06 bits per heavy atom. The molecule has 1 atom stereocenters. The van der Waals surface area contributed by atoms with Crippen LogP contribution in [0.4, 0.5) is 10.1 Å². The van der Waals surface area contributed by atoms with Crippen LogP contribution in [-0.2, 0) is 26.2 Å². The summed E-state index contributed by atoms with van der Waals surface area (Å²) in [5.74, 6) is -1.62. The Labute approximate surface area is 226 Å². The number of hydrogen-bond acceptors (Lipinski definition) is 4. The minimum absolute atomic E-state index is 0.00489. The maximum atomic E-state index is 13.7. The lowest BCUT2D eigenvalue weighted by molar-refractivity contribution is -0.140. The molecule has 36 heavy (non-hydrogen) atoms. The number of halogens is 4. The molecule has 0 saturated carbocycles. The van der Waals surface area contributed by atoms with Crippen molar-refractivity contribution in [1.82, 2.24) is 10.2 Å². The summed E-state index contributed by atoms with van der Waals surface area (Å²) < 4.78 is 39.7. The summed E-state index contributed by atoms with van der Waals surface area (Å²) >= 11 is 18.5. The van der Waals surface area contributed by atoms with Gasteiger partial charge < -0.3 is 10.2 Å². The highest BCUT2D eigenvalue weighted by molar-refractivity contribution is 7.92. The van der Waals surface area contributed by atoms with E-state index in [1.54, 1.807) is 25.1 Å². The Hall–Kier alpha value is -2.07. The number of hydrogen-bond donors (Lipinski definition) is 1. The van der Waals surface area contributed by atoms with Gasteiger partial charge in [0.05, 0.1) is 17.0 Å². The number of rotatable bonds is 11. The quantitative estimate of drug-likeness (QED) is 0.399. The molecule has 0 aliphatic carbocycles. The third kappa shape index (κ3) is 7.96. The van der Waals surface area contributed by atoms with Crippen molar-refractivity contribution >= 4 is 62.3 Å². The monoisotopic (exact) mass is 579 g/mol. The normalized spacial score (nSPS) is 12.4. The molecule has 0 heterocycles. The van der Waals surface area contributed by atoms with Crippen LogP contribution in [0.5, 0.6) is 0 Å². The summed E-state index contributed by atoms with van der Waals surface area (Å²) in [7, 11) is -3.99. The first-order valence-electron chi connectivity index (χ1n) is 11.2. The fourth-order valence-corrected chi connectivity index (χ4v) is 4.98. The van der Waals surface area contributed by atoms with Crippen LogP contribution in [-0.4, -0.2) is 50.5 Å². The molecule has 0 radical (unpaired) electrons. The molecule has 2 rings (SSSR count). The van der Waals surface area contributed by atoms with Crippen LogP contribution < -0.4 is 9.62 Å². The number of benzene rings is 2.